The van der Waals surface area contributed by atoms with Crippen LogP contribution in [-0.2, 0) is 19.2 Å². The van der Waals surface area contributed by atoms with Crippen molar-refractivity contribution >= 4 is 47.4 Å². The number of nitrogens with one attached hydrogen (secondary N) is 5. The molecule has 2 fully saturated rings. The molecule has 0 saturated carbocycles. The van der Waals surface area contributed by atoms with Crippen molar-refractivity contribution < 1.29 is 24.0 Å². The lowest BCUT2D eigenvalue weighted by molar-refractivity contribution is -0.133. The van der Waals surface area contributed by atoms with Crippen LogP contribution in [0.2, 0.25) is 0 Å². The first-order valence-electron chi connectivity index (χ1n) is 12.4. The minimum absolute atomic E-state index is 0.0859. The van der Waals surface area contributed by atoms with Gasteiger partial charge in [-0.25, -0.2) is 4.79 Å². The summed E-state index contributed by atoms with van der Waals surface area (Å²) < 4.78 is 0. The summed E-state index contributed by atoms with van der Waals surface area (Å²) in [6, 6.07) is -2.59. The first-order chi connectivity index (χ1) is 17.5. The largest absolute Gasteiger partial charge is 0.370 e. The second kappa shape index (κ2) is 14.5. The summed E-state index contributed by atoms with van der Waals surface area (Å²) in [7, 11) is 0. The molecule has 15 heteroatoms. The van der Waals surface area contributed by atoms with Crippen molar-refractivity contribution in [3.05, 3.63) is 0 Å². The number of rotatable bonds is 15. The van der Waals surface area contributed by atoms with Gasteiger partial charge < -0.3 is 43.8 Å². The summed E-state index contributed by atoms with van der Waals surface area (Å²) in [6.45, 7) is 3.22. The third-order valence-corrected chi connectivity index (χ3v) is 7.72. The second-order valence-electron chi connectivity index (χ2n) is 9.30. The van der Waals surface area contributed by atoms with E-state index < -0.39 is 35.8 Å². The highest BCUT2D eigenvalue weighted by Crippen LogP contribution is 2.33. The number of unbranched alkanes of at least 4 members (excludes halogenated alkanes) is 1. The molecule has 0 aromatic heterocycles. The summed E-state index contributed by atoms with van der Waals surface area (Å²) in [4.78, 5) is 64.3. The van der Waals surface area contributed by atoms with E-state index in [-0.39, 0.29) is 49.4 Å². The van der Waals surface area contributed by atoms with Gasteiger partial charge in [-0.05, 0) is 39.5 Å². The van der Waals surface area contributed by atoms with E-state index in [0.29, 0.717) is 18.1 Å². The smallest absolute Gasteiger partial charge is 0.315 e. The molecule has 2 heterocycles. The van der Waals surface area contributed by atoms with Crippen LogP contribution in [-0.4, -0.2) is 83.4 Å². The number of aliphatic imine (C=N–C) groups is 1. The van der Waals surface area contributed by atoms with Crippen LogP contribution in [0.15, 0.2) is 4.99 Å². The Morgan fingerprint density at radius 3 is 2.41 bits per heavy atom. The van der Waals surface area contributed by atoms with Crippen molar-refractivity contribution in [2.75, 3.05) is 12.3 Å². The van der Waals surface area contributed by atoms with E-state index >= 15 is 0 Å². The lowest BCUT2D eigenvalue weighted by atomic mass is 10.0. The predicted molar refractivity (Wildman–Crippen MR) is 140 cm³/mol. The first kappa shape index (κ1) is 30.0. The highest BCUT2D eigenvalue weighted by atomic mass is 32.2. The number of hydrogen-bond donors (Lipinski definition) is 8. The predicted octanol–water partition coefficient (Wildman–Crippen LogP) is -2.25. The van der Waals surface area contributed by atoms with Crippen LogP contribution >= 0.6 is 11.8 Å². The maximum absolute atomic E-state index is 12.7. The molecule has 37 heavy (non-hydrogen) atoms. The average molecular weight is 542 g/mol. The zero-order valence-corrected chi connectivity index (χ0v) is 22.1. The SMILES string of the molecule is CC(NC(=O)C(CCCN=C(N)N)NC(=O)C(C)NC(=O)CCCC[C@@H]1SC[C@@H]2NC(=O)N[C@@H]21)C(N)=O. The van der Waals surface area contributed by atoms with Gasteiger partial charge in [0.25, 0.3) is 0 Å². The van der Waals surface area contributed by atoms with Gasteiger partial charge >= 0.3 is 6.03 Å². The molecule has 0 spiro atoms. The highest BCUT2D eigenvalue weighted by Gasteiger charge is 2.42. The molecule has 11 N–H and O–H groups in total. The topological polar surface area (TPSA) is 236 Å². The van der Waals surface area contributed by atoms with Crippen LogP contribution < -0.4 is 43.8 Å². The number of primary amides is 1. The van der Waals surface area contributed by atoms with Crippen molar-refractivity contribution in [3.8, 4) is 0 Å². The van der Waals surface area contributed by atoms with Gasteiger partial charge in [0.1, 0.15) is 18.1 Å². The molecule has 208 valence electrons. The Labute approximate surface area is 220 Å². The van der Waals surface area contributed by atoms with Crippen molar-refractivity contribution in [2.24, 2.45) is 22.2 Å². The molecule has 2 rings (SSSR count). The van der Waals surface area contributed by atoms with E-state index in [4.69, 9.17) is 17.2 Å². The Hall–Kier alpha value is -3.23. The van der Waals surface area contributed by atoms with E-state index in [0.717, 1.165) is 18.6 Å². The fraction of sp³-hybridized carbons (Fsp3) is 0.727. The molecule has 2 saturated heterocycles. The van der Waals surface area contributed by atoms with Crippen LogP contribution in [0.25, 0.3) is 0 Å². The molecule has 0 radical (unpaired) electrons. The maximum atomic E-state index is 12.7. The van der Waals surface area contributed by atoms with Crippen LogP contribution in [0.1, 0.15) is 52.4 Å². The van der Waals surface area contributed by atoms with E-state index in [1.54, 1.807) is 0 Å². The molecule has 2 aliphatic rings. The fourth-order valence-electron chi connectivity index (χ4n) is 4.11. The van der Waals surface area contributed by atoms with Crippen LogP contribution in [0.3, 0.4) is 0 Å². The average Bonchev–Trinajstić information content (AvgIpc) is 3.37. The summed E-state index contributed by atoms with van der Waals surface area (Å²) in [6.07, 6.45) is 3.21. The summed E-state index contributed by atoms with van der Waals surface area (Å²) in [5.74, 6) is -1.31. The van der Waals surface area contributed by atoms with Gasteiger partial charge in [0.15, 0.2) is 5.96 Å². The molecule has 0 bridgehead atoms. The van der Waals surface area contributed by atoms with E-state index in [1.807, 2.05) is 11.8 Å². The van der Waals surface area contributed by atoms with Gasteiger partial charge in [-0.15, -0.1) is 0 Å². The third kappa shape index (κ3) is 9.98. The summed E-state index contributed by atoms with van der Waals surface area (Å²) in [5.41, 5.74) is 15.8. The van der Waals surface area contributed by atoms with E-state index in [2.05, 4.69) is 31.6 Å². The molecule has 2 aliphatic heterocycles. The Balaban J connectivity index is 1.76. The van der Waals surface area contributed by atoms with Gasteiger partial charge in [-0.2, -0.15) is 11.8 Å². The monoisotopic (exact) mass is 541 g/mol. The third-order valence-electron chi connectivity index (χ3n) is 6.22. The Bertz CT molecular complexity index is 883. The molecule has 6 amide bonds. The molecule has 3 unspecified atom stereocenters. The van der Waals surface area contributed by atoms with Crippen molar-refractivity contribution in [1.29, 1.82) is 0 Å². The van der Waals surface area contributed by atoms with E-state index in [9.17, 15) is 24.0 Å². The van der Waals surface area contributed by atoms with Crippen LogP contribution in [0.5, 0.6) is 0 Å². The zero-order valence-electron chi connectivity index (χ0n) is 21.2. The maximum Gasteiger partial charge on any atom is 0.315 e. The number of carbonyl (C=O) groups is 5. The number of guanidine groups is 1. The molecule has 0 aromatic rings. The summed E-state index contributed by atoms with van der Waals surface area (Å²) >= 11 is 1.82. The molecule has 0 aromatic carbocycles. The number of fused-ring (bicyclic) bond motifs is 1. The van der Waals surface area contributed by atoms with Crippen molar-refractivity contribution in [3.63, 3.8) is 0 Å². The van der Waals surface area contributed by atoms with Gasteiger partial charge in [0.2, 0.25) is 23.6 Å². The number of nitrogens with zero attached hydrogens (tertiary/aromatic N) is 1. The van der Waals surface area contributed by atoms with Gasteiger partial charge in [-0.1, -0.05) is 6.42 Å². The molecule has 14 nitrogen and oxygen atoms in total. The Kier molecular flexibility index (Phi) is 11.8. The first-order valence-corrected chi connectivity index (χ1v) is 13.5. The number of urea groups is 1. The fourth-order valence-corrected chi connectivity index (χ4v) is 5.65. The second-order valence-corrected chi connectivity index (χ2v) is 10.6. The number of carbonyl (C=O) groups excluding carboxylic acids is 5. The molecular weight excluding hydrogens is 502 g/mol. The number of nitrogens with two attached hydrogens (primary N) is 3. The molecular formula is C22H39N9O5S. The lowest BCUT2D eigenvalue weighted by Gasteiger charge is -2.22. The van der Waals surface area contributed by atoms with Crippen molar-refractivity contribution in [1.82, 2.24) is 26.6 Å². The Morgan fingerprint density at radius 2 is 1.73 bits per heavy atom. The molecule has 0 aliphatic carbocycles. The molecule has 6 atom stereocenters. The normalized spacial score (nSPS) is 22.4. The zero-order chi connectivity index (χ0) is 27.5. The number of thioether (sulfide) groups is 1. The summed E-state index contributed by atoms with van der Waals surface area (Å²) in [5, 5.41) is 13.9. The van der Waals surface area contributed by atoms with Gasteiger partial charge in [-0.3, -0.25) is 24.2 Å². The van der Waals surface area contributed by atoms with Crippen molar-refractivity contribution in [2.45, 2.75) is 87.8 Å². The quantitative estimate of drug-likeness (QED) is 0.0486. The van der Waals surface area contributed by atoms with Gasteiger partial charge in [0.05, 0.1) is 12.1 Å². The minimum Gasteiger partial charge on any atom is -0.370 e. The highest BCUT2D eigenvalue weighted by molar-refractivity contribution is 8.00. The standard InChI is InChI=1S/C22H39N9O5S/c1-11(18(23)33)28-20(35)13(6-5-9-26-21(24)25)29-19(34)12(2)27-16(32)8-4-3-7-15-17-14(10-37-15)30-22(36)31-17/h11-15,17H,3-10H2,1-2H3,(H2,23,33)(H,27,32)(H,28,35)(H,29,34)(H4,24,25,26)(H2,30,31,36)/t11?,12?,13?,14-,15-,17-/m0/s1. The number of hydrogen-bond acceptors (Lipinski definition) is 7. The van der Waals surface area contributed by atoms with E-state index in [1.165, 1.54) is 13.8 Å². The lowest BCUT2D eigenvalue weighted by Crippen LogP contribution is -2.55. The minimum atomic E-state index is -0.971. The van der Waals surface area contributed by atoms with Crippen LogP contribution in [0, 0.1) is 0 Å². The van der Waals surface area contributed by atoms with Crippen LogP contribution in [0.4, 0.5) is 4.79 Å². The van der Waals surface area contributed by atoms with Gasteiger partial charge in [0, 0.05) is 24.0 Å². The number of amides is 6. The Morgan fingerprint density at radius 1 is 1.00 bits per heavy atom.